The predicted octanol–water partition coefficient (Wildman–Crippen LogP) is 1.76. The summed E-state index contributed by atoms with van der Waals surface area (Å²) in [4.78, 5) is 13.0. The monoisotopic (exact) mass is 214 g/mol. The van der Waals surface area contributed by atoms with E-state index in [9.17, 15) is 10.0 Å². The number of hydrogen-bond donors (Lipinski definition) is 2. The van der Waals surface area contributed by atoms with Gasteiger partial charge in [0, 0.05) is 16.2 Å². The number of nitrogens with two attached hydrogens (primary N) is 1. The number of carbonyl (C=O) groups is 1. The Morgan fingerprint density at radius 1 is 1.71 bits per heavy atom. The first kappa shape index (κ1) is 11.0. The van der Waals surface area contributed by atoms with Crippen molar-refractivity contribution in [2.45, 2.75) is 26.3 Å². The summed E-state index contributed by atoms with van der Waals surface area (Å²) >= 11 is 1.66. The summed E-state index contributed by atoms with van der Waals surface area (Å²) in [6, 6.07) is 2.90. The summed E-state index contributed by atoms with van der Waals surface area (Å²) in [5.74, 6) is 0. The molecule has 0 aliphatic carbocycles. The second-order valence-electron chi connectivity index (χ2n) is 3.25. The zero-order valence-corrected chi connectivity index (χ0v) is 9.04. The molecule has 78 valence electrons. The largest absolute Gasteiger partial charge is 0.350 e. The molecule has 4 nitrogen and oxygen atoms in total. The minimum Gasteiger partial charge on any atom is -0.350 e. The van der Waals surface area contributed by atoms with E-state index >= 15 is 0 Å². The molecule has 5 heteroatoms. The van der Waals surface area contributed by atoms with Gasteiger partial charge in [-0.2, -0.15) is 0 Å². The highest BCUT2D eigenvalue weighted by Crippen LogP contribution is 2.17. The van der Waals surface area contributed by atoms with E-state index < -0.39 is 6.03 Å². The van der Waals surface area contributed by atoms with Crippen LogP contribution in [0.15, 0.2) is 12.1 Å². The van der Waals surface area contributed by atoms with Crippen LogP contribution in [0.5, 0.6) is 0 Å². The molecule has 1 atom stereocenters. The van der Waals surface area contributed by atoms with Gasteiger partial charge in [0.05, 0.1) is 6.04 Å². The van der Waals surface area contributed by atoms with Gasteiger partial charge >= 0.3 is 6.03 Å². The van der Waals surface area contributed by atoms with E-state index in [1.54, 1.807) is 18.3 Å². The van der Waals surface area contributed by atoms with Gasteiger partial charge in [0.1, 0.15) is 0 Å². The Labute approximate surface area is 86.9 Å². The van der Waals surface area contributed by atoms with Gasteiger partial charge in [0.15, 0.2) is 0 Å². The standard InChI is InChI=1S/C9H14N2O2S/c1-6(11(13)9(10)12)5-8-4-3-7(2)14-8/h3-4,6,13H,5H2,1-2H3,(H2,10,12). The van der Waals surface area contributed by atoms with E-state index in [0.29, 0.717) is 11.5 Å². The third-order valence-corrected chi connectivity index (χ3v) is 2.96. The minimum atomic E-state index is -0.814. The molecule has 1 rings (SSSR count). The molecule has 0 radical (unpaired) electrons. The maximum Gasteiger partial charge on any atom is 0.338 e. The van der Waals surface area contributed by atoms with Gasteiger partial charge in [-0.3, -0.25) is 5.21 Å². The molecule has 1 aromatic rings. The number of aryl methyl sites for hydroxylation is 1. The van der Waals surface area contributed by atoms with Gasteiger partial charge in [-0.25, -0.2) is 9.86 Å². The van der Waals surface area contributed by atoms with Crippen LogP contribution in [0.25, 0.3) is 0 Å². The molecule has 3 N–H and O–H groups in total. The average Bonchev–Trinajstić information content (AvgIpc) is 2.49. The molecule has 0 fully saturated rings. The van der Waals surface area contributed by atoms with Crippen LogP contribution >= 0.6 is 11.3 Å². The molecule has 0 aromatic carbocycles. The van der Waals surface area contributed by atoms with Crippen LogP contribution in [0.4, 0.5) is 4.79 Å². The maximum atomic E-state index is 10.6. The fraction of sp³-hybridized carbons (Fsp3) is 0.444. The topological polar surface area (TPSA) is 66.6 Å². The number of hydrogen-bond acceptors (Lipinski definition) is 3. The van der Waals surface area contributed by atoms with Crippen molar-refractivity contribution in [2.75, 3.05) is 0 Å². The summed E-state index contributed by atoms with van der Waals surface area (Å²) < 4.78 is 0. The smallest absolute Gasteiger partial charge is 0.338 e. The fourth-order valence-corrected chi connectivity index (χ4v) is 2.20. The summed E-state index contributed by atoms with van der Waals surface area (Å²) in [5.41, 5.74) is 4.94. The van der Waals surface area contributed by atoms with Crippen LogP contribution < -0.4 is 5.73 Å². The van der Waals surface area contributed by atoms with Gasteiger partial charge in [0.2, 0.25) is 0 Å². The Morgan fingerprint density at radius 3 is 2.79 bits per heavy atom. The van der Waals surface area contributed by atoms with Crippen LogP contribution in [0.2, 0.25) is 0 Å². The number of thiophene rings is 1. The lowest BCUT2D eigenvalue weighted by atomic mass is 10.2. The quantitative estimate of drug-likeness (QED) is 0.594. The van der Waals surface area contributed by atoms with Crippen molar-refractivity contribution >= 4 is 17.4 Å². The summed E-state index contributed by atoms with van der Waals surface area (Å²) in [7, 11) is 0. The first-order valence-corrected chi connectivity index (χ1v) is 5.15. The van der Waals surface area contributed by atoms with Gasteiger partial charge in [-0.1, -0.05) is 0 Å². The van der Waals surface area contributed by atoms with Crippen LogP contribution in [0.3, 0.4) is 0 Å². The predicted molar refractivity (Wildman–Crippen MR) is 55.4 cm³/mol. The SMILES string of the molecule is Cc1ccc(CC(C)N(O)C(N)=O)s1. The molecule has 1 aromatic heterocycles. The van der Waals surface area contributed by atoms with Crippen LogP contribution in [0.1, 0.15) is 16.7 Å². The summed E-state index contributed by atoms with van der Waals surface area (Å²) in [6.07, 6.45) is 0.623. The van der Waals surface area contributed by atoms with Crippen LogP contribution in [-0.4, -0.2) is 22.3 Å². The second kappa shape index (κ2) is 4.43. The van der Waals surface area contributed by atoms with E-state index in [-0.39, 0.29) is 6.04 Å². The molecule has 1 unspecified atom stereocenters. The molecule has 0 aliphatic rings. The first-order chi connectivity index (χ1) is 6.50. The lowest BCUT2D eigenvalue weighted by molar-refractivity contribution is -0.0690. The second-order valence-corrected chi connectivity index (χ2v) is 4.62. The molecular formula is C9H14N2O2S. The Balaban J connectivity index is 2.56. The van der Waals surface area contributed by atoms with Crippen molar-refractivity contribution in [3.05, 3.63) is 21.9 Å². The van der Waals surface area contributed by atoms with Gasteiger partial charge in [0.25, 0.3) is 0 Å². The lowest BCUT2D eigenvalue weighted by Gasteiger charge is -2.19. The third kappa shape index (κ3) is 2.71. The Kier molecular flexibility index (Phi) is 3.49. The van der Waals surface area contributed by atoms with Crippen molar-refractivity contribution < 1.29 is 10.0 Å². The van der Waals surface area contributed by atoms with Gasteiger partial charge in [-0.15, -0.1) is 11.3 Å². The first-order valence-electron chi connectivity index (χ1n) is 4.33. The zero-order valence-electron chi connectivity index (χ0n) is 8.23. The number of carbonyl (C=O) groups excluding carboxylic acids is 1. The van der Waals surface area contributed by atoms with E-state index in [2.05, 4.69) is 0 Å². The molecule has 0 saturated heterocycles. The van der Waals surface area contributed by atoms with Crippen molar-refractivity contribution in [3.8, 4) is 0 Å². The number of urea groups is 1. The highest BCUT2D eigenvalue weighted by molar-refractivity contribution is 7.11. The highest BCUT2D eigenvalue weighted by atomic mass is 32.1. The highest BCUT2D eigenvalue weighted by Gasteiger charge is 2.15. The van der Waals surface area contributed by atoms with Crippen LogP contribution in [-0.2, 0) is 6.42 Å². The maximum absolute atomic E-state index is 10.6. The molecule has 0 aliphatic heterocycles. The molecule has 0 spiro atoms. The molecular weight excluding hydrogens is 200 g/mol. The molecule has 0 bridgehead atoms. The van der Waals surface area contributed by atoms with E-state index in [0.717, 1.165) is 4.88 Å². The zero-order chi connectivity index (χ0) is 10.7. The summed E-state index contributed by atoms with van der Waals surface area (Å²) in [5, 5.41) is 9.79. The number of rotatable bonds is 3. The Hall–Kier alpha value is -1.07. The number of hydroxylamine groups is 2. The third-order valence-electron chi connectivity index (χ3n) is 1.94. The molecule has 1 heterocycles. The summed E-state index contributed by atoms with van der Waals surface area (Å²) in [6.45, 7) is 3.77. The van der Waals surface area contributed by atoms with Crippen LogP contribution in [0, 0.1) is 6.92 Å². The van der Waals surface area contributed by atoms with Crippen molar-refractivity contribution in [2.24, 2.45) is 5.73 Å². The van der Waals surface area contributed by atoms with Gasteiger partial charge in [-0.05, 0) is 26.0 Å². The molecule has 2 amide bonds. The average molecular weight is 214 g/mol. The van der Waals surface area contributed by atoms with Crippen molar-refractivity contribution in [1.82, 2.24) is 5.06 Å². The number of nitrogens with zero attached hydrogens (tertiary/aromatic N) is 1. The number of primary amides is 1. The Morgan fingerprint density at radius 2 is 2.36 bits per heavy atom. The molecule has 0 saturated carbocycles. The van der Waals surface area contributed by atoms with E-state index in [1.165, 1.54) is 4.88 Å². The van der Waals surface area contributed by atoms with Gasteiger partial charge < -0.3 is 5.73 Å². The van der Waals surface area contributed by atoms with Crippen molar-refractivity contribution in [1.29, 1.82) is 0 Å². The van der Waals surface area contributed by atoms with E-state index in [1.807, 2.05) is 19.1 Å². The lowest BCUT2D eigenvalue weighted by Crippen LogP contribution is -2.40. The van der Waals surface area contributed by atoms with Crippen molar-refractivity contribution in [3.63, 3.8) is 0 Å². The normalized spacial score (nSPS) is 12.5. The van der Waals surface area contributed by atoms with E-state index in [4.69, 9.17) is 5.73 Å². The molecule has 14 heavy (non-hydrogen) atoms. The fourth-order valence-electron chi connectivity index (χ4n) is 1.19. The Bertz CT molecular complexity index is 324. The minimum absolute atomic E-state index is 0.287. The number of amides is 2.